The molecule has 0 radical (unpaired) electrons. The van der Waals surface area contributed by atoms with Gasteiger partial charge in [0.1, 0.15) is 11.2 Å². The Morgan fingerprint density at radius 3 is 0.782 bits per heavy atom. The quantitative estimate of drug-likeness (QED) is 0.0878. The third kappa shape index (κ3) is 14.3. The van der Waals surface area contributed by atoms with Crippen molar-refractivity contribution < 1.29 is 4.42 Å². The molecule has 26 aromatic rings. The summed E-state index contributed by atoms with van der Waals surface area (Å²) >= 11 is 0. The molecule has 1 nitrogen and oxygen atoms in total. The summed E-state index contributed by atoms with van der Waals surface area (Å²) in [6.07, 6.45) is 0. The molecule has 620 valence electrons. The minimum Gasteiger partial charge on any atom is -0.456 e. The molecule has 0 amide bonds. The van der Waals surface area contributed by atoms with Crippen LogP contribution in [-0.4, -0.2) is 0 Å². The predicted molar refractivity (Wildman–Crippen MR) is 569 cm³/mol. The van der Waals surface area contributed by atoms with Gasteiger partial charge in [0.25, 0.3) is 0 Å². The smallest absolute Gasteiger partial charge is 0.136 e. The Hall–Kier alpha value is -17.4. The van der Waals surface area contributed by atoms with E-state index in [0.717, 1.165) is 27.5 Å². The van der Waals surface area contributed by atoms with E-state index in [4.69, 9.17) is 4.42 Å². The number of fused-ring (bicyclic) bond motifs is 13. The lowest BCUT2D eigenvalue weighted by atomic mass is 9.82. The number of furan rings is 1. The molecule has 0 aliphatic carbocycles. The molecule has 0 atom stereocenters. The number of rotatable bonds is 12. The van der Waals surface area contributed by atoms with Crippen LogP contribution < -0.4 is 0 Å². The summed E-state index contributed by atoms with van der Waals surface area (Å²) in [5.41, 5.74) is 31.6. The van der Waals surface area contributed by atoms with Gasteiger partial charge < -0.3 is 4.42 Å². The normalized spacial score (nSPS) is 11.5. The summed E-state index contributed by atoms with van der Waals surface area (Å²) in [6, 6.07) is 189. The van der Waals surface area contributed by atoms with Crippen molar-refractivity contribution >= 4 is 119 Å². The highest BCUT2D eigenvalue weighted by Gasteiger charge is 2.26. The van der Waals surface area contributed by atoms with Gasteiger partial charge in [-0.1, -0.05) is 479 Å². The summed E-state index contributed by atoms with van der Waals surface area (Å²) in [5, 5.41) is 25.1. The monoisotopic (exact) mass is 1690 g/mol. The minimum absolute atomic E-state index is 0.913. The van der Waals surface area contributed by atoms with Gasteiger partial charge in [-0.25, -0.2) is 0 Å². The molecule has 0 bridgehead atoms. The van der Waals surface area contributed by atoms with E-state index in [0.29, 0.717) is 0 Å². The van der Waals surface area contributed by atoms with E-state index < -0.39 is 0 Å². The summed E-state index contributed by atoms with van der Waals surface area (Å²) in [4.78, 5) is 0. The standard InChI is InChI=1S/C46H30.C44H28O.C42H28/c1-2-15-31(16-3-1)35-20-6-9-24-39(35)46-42-27-12-10-25-40(42)45(41-26-11-13-28-43(41)46)34-19-14-18-32(29-34)44-30-33-17-4-5-21-36(33)37-22-7-8-23-38(37)44;1-2-13-29(14-3-1)33-17-4-5-19-36(33)44-39-22-8-6-20-37(39)43(38-21-7-9-23-40(38)44)32-16-12-15-30(27-32)31-25-26-35-34-18-10-11-24-41(34)45-42(35)28-31;1-2-15-30(16-3-1)33-18-6-8-20-35(33)41-37-22-10-12-24-39(37)42(40-25-13-11-23-38(40)41)36-21-9-7-19-34(36)32-27-26-29-14-4-5-17-31(29)28-32/h1-30H;1-28H;1-28H. The fourth-order valence-electron chi connectivity index (χ4n) is 21.1. The van der Waals surface area contributed by atoms with Crippen LogP contribution in [-0.2, 0) is 0 Å². The van der Waals surface area contributed by atoms with Crippen LogP contribution in [0, 0.1) is 0 Å². The summed E-state index contributed by atoms with van der Waals surface area (Å²) in [7, 11) is 0. The molecule has 0 saturated heterocycles. The molecular weight excluding hydrogens is 1600 g/mol. The van der Waals surface area contributed by atoms with Gasteiger partial charge in [0.15, 0.2) is 0 Å². The first-order valence-electron chi connectivity index (χ1n) is 45.9. The van der Waals surface area contributed by atoms with Crippen molar-refractivity contribution in [2.45, 2.75) is 0 Å². The van der Waals surface area contributed by atoms with Gasteiger partial charge in [-0.15, -0.1) is 0 Å². The van der Waals surface area contributed by atoms with Crippen molar-refractivity contribution in [1.29, 1.82) is 0 Å². The number of hydrogen-bond acceptors (Lipinski definition) is 1. The molecule has 0 aliphatic rings. The predicted octanol–water partition coefficient (Wildman–Crippen LogP) is 37.3. The SMILES string of the molecule is c1ccc(-c2ccccc2-c2c3ccccc3c(-c3cccc(-c4cc5ccccc5c5ccccc45)c3)c3ccccc23)cc1.c1ccc(-c2ccccc2-c2c3ccccc3c(-c3cccc(-c4ccc5c(c4)oc4ccccc45)c3)c3ccccc23)cc1.c1ccc(-c2ccccc2-c2c3ccccc3c(-c3ccccc3-c3ccc4ccccc4c3)c3ccccc23)cc1. The van der Waals surface area contributed by atoms with Crippen LogP contribution in [0.5, 0.6) is 0 Å². The Kier molecular flexibility index (Phi) is 20.4. The average molecular weight is 1690 g/mol. The molecule has 0 saturated carbocycles. The van der Waals surface area contributed by atoms with E-state index in [1.165, 1.54) is 225 Å². The Morgan fingerprint density at radius 2 is 0.361 bits per heavy atom. The lowest BCUT2D eigenvalue weighted by molar-refractivity contribution is 0.669. The van der Waals surface area contributed by atoms with Gasteiger partial charge in [-0.3, -0.25) is 0 Å². The number of hydrogen-bond donors (Lipinski definition) is 0. The van der Waals surface area contributed by atoms with Crippen molar-refractivity contribution in [2.75, 3.05) is 0 Å². The highest BCUT2D eigenvalue weighted by atomic mass is 16.3. The maximum Gasteiger partial charge on any atom is 0.136 e. The first kappa shape index (κ1) is 79.1. The van der Waals surface area contributed by atoms with Crippen LogP contribution >= 0.6 is 0 Å². The van der Waals surface area contributed by atoms with E-state index in [1.807, 2.05) is 12.1 Å². The lowest BCUT2D eigenvalue weighted by Gasteiger charge is -2.21. The van der Waals surface area contributed by atoms with E-state index in [9.17, 15) is 0 Å². The first-order chi connectivity index (χ1) is 66.0. The summed E-state index contributed by atoms with van der Waals surface area (Å²) < 4.78 is 6.24. The zero-order chi connectivity index (χ0) is 88.1. The Labute approximate surface area is 773 Å². The summed E-state index contributed by atoms with van der Waals surface area (Å²) in [6.45, 7) is 0. The fourth-order valence-corrected chi connectivity index (χ4v) is 21.1. The zero-order valence-electron chi connectivity index (χ0n) is 73.1. The van der Waals surface area contributed by atoms with E-state index in [-0.39, 0.29) is 0 Å². The van der Waals surface area contributed by atoms with E-state index in [2.05, 4.69) is 510 Å². The lowest BCUT2D eigenvalue weighted by Crippen LogP contribution is -1.94. The molecule has 0 fully saturated rings. The Morgan fingerprint density at radius 1 is 0.0977 bits per heavy atom. The van der Waals surface area contributed by atoms with Gasteiger partial charge in [0, 0.05) is 10.8 Å². The van der Waals surface area contributed by atoms with Gasteiger partial charge in [-0.2, -0.15) is 0 Å². The molecule has 133 heavy (non-hydrogen) atoms. The second-order valence-corrected chi connectivity index (χ2v) is 34.5. The summed E-state index contributed by atoms with van der Waals surface area (Å²) in [5.74, 6) is 0. The number of benzene rings is 25. The Bertz CT molecular complexity index is 8840. The van der Waals surface area contributed by atoms with Crippen molar-refractivity contribution in [3.63, 3.8) is 0 Å². The topological polar surface area (TPSA) is 13.1 Å². The van der Waals surface area contributed by atoms with Crippen molar-refractivity contribution in [2.24, 2.45) is 0 Å². The minimum atomic E-state index is 0.913. The van der Waals surface area contributed by atoms with Crippen LogP contribution in [0.25, 0.3) is 252 Å². The maximum absolute atomic E-state index is 6.24. The van der Waals surface area contributed by atoms with Gasteiger partial charge in [-0.05, 0) is 273 Å². The third-order valence-electron chi connectivity index (χ3n) is 27.0. The van der Waals surface area contributed by atoms with Crippen LogP contribution in [0.4, 0.5) is 0 Å². The van der Waals surface area contributed by atoms with E-state index >= 15 is 0 Å². The first-order valence-corrected chi connectivity index (χ1v) is 45.9. The second kappa shape index (κ2) is 34.3. The molecular formula is C132H86O. The second-order valence-electron chi connectivity index (χ2n) is 34.5. The third-order valence-corrected chi connectivity index (χ3v) is 27.0. The van der Waals surface area contributed by atoms with Crippen molar-refractivity contribution in [3.05, 3.63) is 522 Å². The van der Waals surface area contributed by atoms with Gasteiger partial charge >= 0.3 is 0 Å². The molecule has 0 unspecified atom stereocenters. The molecule has 1 heterocycles. The van der Waals surface area contributed by atoms with Crippen LogP contribution in [0.3, 0.4) is 0 Å². The fraction of sp³-hybridized carbons (Fsp3) is 0. The average Bonchev–Trinajstić information content (AvgIpc) is 0.999. The Balaban J connectivity index is 0.000000110. The molecule has 25 aromatic carbocycles. The zero-order valence-corrected chi connectivity index (χ0v) is 73.1. The van der Waals surface area contributed by atoms with Gasteiger partial charge in [0.2, 0.25) is 0 Å². The largest absolute Gasteiger partial charge is 0.456 e. The maximum atomic E-state index is 6.24. The molecule has 0 spiro atoms. The molecule has 26 rings (SSSR count). The van der Waals surface area contributed by atoms with Gasteiger partial charge in [0.05, 0.1) is 0 Å². The highest BCUT2D eigenvalue weighted by Crippen LogP contribution is 2.53. The molecule has 1 heteroatoms. The van der Waals surface area contributed by atoms with Crippen LogP contribution in [0.2, 0.25) is 0 Å². The molecule has 1 aromatic heterocycles. The number of para-hydroxylation sites is 1. The van der Waals surface area contributed by atoms with E-state index in [1.54, 1.807) is 0 Å². The van der Waals surface area contributed by atoms with Crippen LogP contribution in [0.15, 0.2) is 526 Å². The molecule has 0 N–H and O–H groups in total. The van der Waals surface area contributed by atoms with Crippen molar-refractivity contribution in [1.82, 2.24) is 0 Å². The highest BCUT2D eigenvalue weighted by molar-refractivity contribution is 6.27. The molecule has 0 aliphatic heterocycles. The van der Waals surface area contributed by atoms with Crippen molar-refractivity contribution in [3.8, 4) is 134 Å². The van der Waals surface area contributed by atoms with Crippen LogP contribution in [0.1, 0.15) is 0 Å².